The first kappa shape index (κ1) is 17.0. The Bertz CT molecular complexity index is 726. The van der Waals surface area contributed by atoms with Gasteiger partial charge in [-0.15, -0.1) is 0 Å². The smallest absolute Gasteiger partial charge is 0.167 e. The third-order valence-electron chi connectivity index (χ3n) is 4.49. The minimum Gasteiger partial charge on any atom is -0.507 e. The Kier molecular flexibility index (Phi) is 4.73. The van der Waals surface area contributed by atoms with Gasteiger partial charge in [0, 0.05) is 12.0 Å². The van der Waals surface area contributed by atoms with E-state index in [-0.39, 0.29) is 46.5 Å². The van der Waals surface area contributed by atoms with Crippen LogP contribution in [0.1, 0.15) is 53.2 Å². The van der Waals surface area contributed by atoms with Gasteiger partial charge in [0.05, 0.1) is 11.5 Å². The average Bonchev–Trinajstić information content (AvgIpc) is 2.50. The first-order chi connectivity index (χ1) is 10.8. The van der Waals surface area contributed by atoms with Gasteiger partial charge in [-0.1, -0.05) is 18.2 Å². The van der Waals surface area contributed by atoms with Gasteiger partial charge in [-0.2, -0.15) is 0 Å². The fourth-order valence-electron chi connectivity index (χ4n) is 3.39. The molecule has 122 valence electrons. The van der Waals surface area contributed by atoms with Gasteiger partial charge >= 0.3 is 0 Å². The number of fused-ring (bicyclic) bond motifs is 1. The second-order valence-corrected chi connectivity index (χ2v) is 5.93. The van der Waals surface area contributed by atoms with Gasteiger partial charge in [-0.25, -0.2) is 0 Å². The maximum atomic E-state index is 12.6. The Morgan fingerprint density at radius 1 is 1.09 bits per heavy atom. The molecular formula is C19H22O4. The molecule has 2 atom stereocenters. The standard InChI is InChI=1S/C19H22O4/c1-5-7-12-9-14(21)17-15(16(12)13(20)8-6-2)10(3)18(22)11(4)19(17)23/h5-8,12,16,22-23H,9H2,1-4H3/b7-5+,8-6+/t12-,16-/m0/s1. The van der Waals surface area contributed by atoms with E-state index in [2.05, 4.69) is 0 Å². The maximum absolute atomic E-state index is 12.6. The van der Waals surface area contributed by atoms with Gasteiger partial charge in [0.2, 0.25) is 0 Å². The van der Waals surface area contributed by atoms with E-state index in [0.717, 1.165) is 0 Å². The molecule has 1 aromatic rings. The second-order valence-electron chi connectivity index (χ2n) is 5.93. The third kappa shape index (κ3) is 2.69. The molecule has 0 aromatic heterocycles. The van der Waals surface area contributed by atoms with Crippen LogP contribution in [-0.4, -0.2) is 21.8 Å². The maximum Gasteiger partial charge on any atom is 0.167 e. The topological polar surface area (TPSA) is 74.6 Å². The van der Waals surface area contributed by atoms with Crippen LogP contribution >= 0.6 is 0 Å². The monoisotopic (exact) mass is 314 g/mol. The number of phenols is 2. The zero-order valence-electron chi connectivity index (χ0n) is 13.9. The van der Waals surface area contributed by atoms with Crippen molar-refractivity contribution in [3.63, 3.8) is 0 Å². The fraction of sp³-hybridized carbons (Fsp3) is 0.368. The van der Waals surface area contributed by atoms with Gasteiger partial charge < -0.3 is 10.2 Å². The molecule has 4 heteroatoms. The van der Waals surface area contributed by atoms with Gasteiger partial charge in [0.15, 0.2) is 11.6 Å². The van der Waals surface area contributed by atoms with Crippen molar-refractivity contribution in [2.24, 2.45) is 5.92 Å². The first-order valence-corrected chi connectivity index (χ1v) is 7.72. The number of ketones is 2. The van der Waals surface area contributed by atoms with E-state index in [1.54, 1.807) is 26.8 Å². The summed E-state index contributed by atoms with van der Waals surface area (Å²) in [6.45, 7) is 6.84. The SMILES string of the molecule is C/C=C/C(=O)[C@H]1c2c(C)c(O)c(C)c(O)c2C(=O)C[C@@H]1/C=C/C. The molecule has 0 amide bonds. The molecule has 0 heterocycles. The van der Waals surface area contributed by atoms with E-state index in [9.17, 15) is 19.8 Å². The molecule has 0 aliphatic heterocycles. The Morgan fingerprint density at radius 3 is 2.30 bits per heavy atom. The average molecular weight is 314 g/mol. The minimum absolute atomic E-state index is 0.0616. The fourth-order valence-corrected chi connectivity index (χ4v) is 3.39. The van der Waals surface area contributed by atoms with Crippen molar-refractivity contribution >= 4 is 11.6 Å². The lowest BCUT2D eigenvalue weighted by Gasteiger charge is -2.32. The van der Waals surface area contributed by atoms with Crippen molar-refractivity contribution in [2.45, 2.75) is 40.0 Å². The van der Waals surface area contributed by atoms with Crippen molar-refractivity contribution in [1.29, 1.82) is 0 Å². The summed E-state index contributed by atoms with van der Waals surface area (Å²) in [4.78, 5) is 25.1. The number of aromatic hydroxyl groups is 2. The minimum atomic E-state index is -0.576. The molecule has 0 saturated carbocycles. The van der Waals surface area contributed by atoms with Crippen molar-refractivity contribution in [3.05, 3.63) is 46.6 Å². The summed E-state index contributed by atoms with van der Waals surface area (Å²) < 4.78 is 0. The summed E-state index contributed by atoms with van der Waals surface area (Å²) in [6, 6.07) is 0. The zero-order chi connectivity index (χ0) is 17.3. The van der Waals surface area contributed by atoms with Gasteiger partial charge in [0.25, 0.3) is 0 Å². The molecule has 1 aliphatic carbocycles. The molecule has 0 saturated heterocycles. The number of carbonyl (C=O) groups excluding carboxylic acids is 2. The van der Waals surface area contributed by atoms with Crippen molar-refractivity contribution < 1.29 is 19.8 Å². The Morgan fingerprint density at radius 2 is 1.74 bits per heavy atom. The summed E-state index contributed by atoms with van der Waals surface area (Å²) in [5.41, 5.74) is 1.39. The lowest BCUT2D eigenvalue weighted by atomic mass is 9.70. The molecule has 0 radical (unpaired) electrons. The van der Waals surface area contributed by atoms with E-state index in [0.29, 0.717) is 11.1 Å². The van der Waals surface area contributed by atoms with Crippen LogP contribution in [-0.2, 0) is 4.79 Å². The van der Waals surface area contributed by atoms with E-state index in [1.807, 2.05) is 19.1 Å². The van der Waals surface area contributed by atoms with Crippen LogP contribution in [0.25, 0.3) is 0 Å². The molecule has 2 rings (SSSR count). The molecule has 2 N–H and O–H groups in total. The molecule has 23 heavy (non-hydrogen) atoms. The van der Waals surface area contributed by atoms with Crippen molar-refractivity contribution in [2.75, 3.05) is 0 Å². The van der Waals surface area contributed by atoms with Crippen LogP contribution in [0.3, 0.4) is 0 Å². The summed E-state index contributed by atoms with van der Waals surface area (Å²) in [6.07, 6.45) is 6.98. The van der Waals surface area contributed by atoms with Crippen LogP contribution in [0.2, 0.25) is 0 Å². The second kappa shape index (κ2) is 6.41. The summed E-state index contributed by atoms with van der Waals surface area (Å²) in [5, 5.41) is 20.6. The van der Waals surface area contributed by atoms with Crippen LogP contribution in [0.4, 0.5) is 0 Å². The van der Waals surface area contributed by atoms with E-state index >= 15 is 0 Å². The summed E-state index contributed by atoms with van der Waals surface area (Å²) in [5.74, 6) is -1.46. The Labute approximate surface area is 136 Å². The highest BCUT2D eigenvalue weighted by Crippen LogP contribution is 2.47. The number of Topliss-reactive ketones (excluding diaryl/α,β-unsaturated/α-hetero) is 1. The van der Waals surface area contributed by atoms with Crippen LogP contribution in [0.5, 0.6) is 11.5 Å². The quantitative estimate of drug-likeness (QED) is 0.658. The zero-order valence-corrected chi connectivity index (χ0v) is 13.9. The predicted octanol–water partition coefficient (Wildman–Crippen LogP) is 3.72. The predicted molar refractivity (Wildman–Crippen MR) is 89.1 cm³/mol. The largest absolute Gasteiger partial charge is 0.507 e. The van der Waals surface area contributed by atoms with Gasteiger partial charge in [0.1, 0.15) is 11.5 Å². The first-order valence-electron chi connectivity index (χ1n) is 7.72. The van der Waals surface area contributed by atoms with E-state index < -0.39 is 5.92 Å². The number of rotatable bonds is 3. The van der Waals surface area contributed by atoms with Crippen LogP contribution in [0.15, 0.2) is 24.3 Å². The van der Waals surface area contributed by atoms with Crippen molar-refractivity contribution in [3.8, 4) is 11.5 Å². The highest BCUT2D eigenvalue weighted by molar-refractivity contribution is 6.07. The highest BCUT2D eigenvalue weighted by atomic mass is 16.3. The number of benzene rings is 1. The molecular weight excluding hydrogens is 292 g/mol. The lowest BCUT2D eigenvalue weighted by molar-refractivity contribution is -0.116. The number of hydrogen-bond donors (Lipinski definition) is 2. The number of hydrogen-bond acceptors (Lipinski definition) is 4. The van der Waals surface area contributed by atoms with Crippen molar-refractivity contribution in [1.82, 2.24) is 0 Å². The summed E-state index contributed by atoms with van der Waals surface area (Å²) in [7, 11) is 0. The molecule has 0 spiro atoms. The molecule has 0 fully saturated rings. The number of allylic oxidation sites excluding steroid dienone is 4. The Hall–Kier alpha value is -2.36. The van der Waals surface area contributed by atoms with Crippen LogP contribution in [0, 0.1) is 19.8 Å². The number of carbonyl (C=O) groups is 2. The normalized spacial score (nSPS) is 21.1. The van der Waals surface area contributed by atoms with Gasteiger partial charge in [-0.05, 0) is 50.8 Å². The lowest BCUT2D eigenvalue weighted by Crippen LogP contribution is -2.30. The number of phenolic OH excluding ortho intramolecular Hbond substituents is 2. The van der Waals surface area contributed by atoms with E-state index in [4.69, 9.17) is 0 Å². The van der Waals surface area contributed by atoms with E-state index in [1.165, 1.54) is 6.08 Å². The Balaban J connectivity index is 2.82. The molecule has 0 unspecified atom stereocenters. The van der Waals surface area contributed by atoms with Crippen LogP contribution < -0.4 is 0 Å². The summed E-state index contributed by atoms with van der Waals surface area (Å²) >= 11 is 0. The molecule has 0 bridgehead atoms. The third-order valence-corrected chi connectivity index (χ3v) is 4.49. The molecule has 4 nitrogen and oxygen atoms in total. The highest BCUT2D eigenvalue weighted by Gasteiger charge is 2.40. The molecule has 1 aromatic carbocycles. The molecule has 1 aliphatic rings. The van der Waals surface area contributed by atoms with Gasteiger partial charge in [-0.3, -0.25) is 9.59 Å².